The van der Waals surface area contributed by atoms with Gasteiger partial charge in [0.1, 0.15) is 0 Å². The van der Waals surface area contributed by atoms with Crippen molar-refractivity contribution in [1.29, 1.82) is 0 Å². The first-order valence-electron chi connectivity index (χ1n) is 5.42. The number of amides is 2. The molecule has 16 heavy (non-hydrogen) atoms. The van der Waals surface area contributed by atoms with Crippen LogP contribution in [0.5, 0.6) is 0 Å². The maximum absolute atomic E-state index is 11.6. The molecule has 84 valence electrons. The van der Waals surface area contributed by atoms with Crippen molar-refractivity contribution in [1.82, 2.24) is 9.88 Å². The second-order valence-electron chi connectivity index (χ2n) is 3.98. The second-order valence-corrected chi connectivity index (χ2v) is 3.98. The predicted molar refractivity (Wildman–Crippen MR) is 58.4 cm³/mol. The van der Waals surface area contributed by atoms with Gasteiger partial charge in [-0.2, -0.15) is 0 Å². The monoisotopic (exact) mass is 218 g/mol. The molecule has 0 spiro atoms. The summed E-state index contributed by atoms with van der Waals surface area (Å²) in [6.45, 7) is 2.24. The normalized spacial score (nSPS) is 16.7. The average molecular weight is 218 g/mol. The van der Waals surface area contributed by atoms with Crippen LogP contribution in [0.2, 0.25) is 0 Å². The number of hydrogen-bond acceptors (Lipinski definition) is 3. The maximum atomic E-state index is 11.6. The molecule has 0 aliphatic carbocycles. The largest absolute Gasteiger partial charge is 0.278 e. The summed E-state index contributed by atoms with van der Waals surface area (Å²) in [5.74, 6) is -0.140. The van der Waals surface area contributed by atoms with Crippen LogP contribution in [-0.4, -0.2) is 21.7 Å². The molecule has 2 rings (SSSR count). The number of carbonyl (C=O) groups excluding carboxylic acids is 2. The Morgan fingerprint density at radius 1 is 1.31 bits per heavy atom. The third-order valence-electron chi connectivity index (χ3n) is 2.83. The van der Waals surface area contributed by atoms with Gasteiger partial charge in [0.25, 0.3) is 0 Å². The third-order valence-corrected chi connectivity index (χ3v) is 2.83. The highest BCUT2D eigenvalue weighted by Crippen LogP contribution is 2.16. The predicted octanol–water partition coefficient (Wildman–Crippen LogP) is 1.43. The van der Waals surface area contributed by atoms with Gasteiger partial charge in [-0.05, 0) is 25.0 Å². The molecule has 0 saturated carbocycles. The molecule has 0 unspecified atom stereocenters. The number of hydrogen-bond donors (Lipinski definition) is 0. The van der Waals surface area contributed by atoms with Crippen molar-refractivity contribution in [2.75, 3.05) is 0 Å². The van der Waals surface area contributed by atoms with Gasteiger partial charge in [-0.15, -0.1) is 0 Å². The van der Waals surface area contributed by atoms with E-state index in [2.05, 4.69) is 4.98 Å². The van der Waals surface area contributed by atoms with E-state index in [-0.39, 0.29) is 11.8 Å². The van der Waals surface area contributed by atoms with Crippen molar-refractivity contribution < 1.29 is 9.59 Å². The Balaban J connectivity index is 2.17. The van der Waals surface area contributed by atoms with E-state index < -0.39 is 0 Å². The quantitative estimate of drug-likeness (QED) is 0.705. The minimum Gasteiger partial charge on any atom is -0.278 e. The number of likely N-dealkylation sites (tertiary alicyclic amines) is 1. The lowest BCUT2D eigenvalue weighted by molar-refractivity contribution is -0.148. The van der Waals surface area contributed by atoms with Crippen molar-refractivity contribution in [2.45, 2.75) is 32.7 Å². The van der Waals surface area contributed by atoms with Crippen LogP contribution in [0, 0.1) is 6.92 Å². The zero-order valence-electron chi connectivity index (χ0n) is 9.27. The van der Waals surface area contributed by atoms with E-state index in [4.69, 9.17) is 0 Å². The highest BCUT2D eigenvalue weighted by molar-refractivity contribution is 5.97. The molecular weight excluding hydrogens is 204 g/mol. The second kappa shape index (κ2) is 4.43. The minimum absolute atomic E-state index is 0.0699. The minimum atomic E-state index is -0.0699. The van der Waals surface area contributed by atoms with Crippen LogP contribution < -0.4 is 0 Å². The number of aromatic nitrogens is 1. The highest BCUT2D eigenvalue weighted by atomic mass is 16.2. The lowest BCUT2D eigenvalue weighted by Gasteiger charge is -2.25. The summed E-state index contributed by atoms with van der Waals surface area (Å²) < 4.78 is 0. The van der Waals surface area contributed by atoms with Crippen molar-refractivity contribution in [3.05, 3.63) is 29.6 Å². The van der Waals surface area contributed by atoms with Crippen LogP contribution in [0.4, 0.5) is 0 Å². The number of nitrogens with zero attached hydrogens (tertiary/aromatic N) is 2. The molecule has 0 atom stereocenters. The van der Waals surface area contributed by atoms with Crippen LogP contribution in [0.15, 0.2) is 18.3 Å². The Morgan fingerprint density at radius 3 is 2.62 bits per heavy atom. The van der Waals surface area contributed by atoms with E-state index in [0.29, 0.717) is 25.8 Å². The van der Waals surface area contributed by atoms with Crippen LogP contribution in [0.3, 0.4) is 0 Å². The van der Waals surface area contributed by atoms with Gasteiger partial charge < -0.3 is 0 Å². The fourth-order valence-electron chi connectivity index (χ4n) is 1.83. The Morgan fingerprint density at radius 2 is 2.00 bits per heavy atom. The number of aryl methyl sites for hydroxylation is 1. The van der Waals surface area contributed by atoms with Crippen LogP contribution in [0.25, 0.3) is 0 Å². The molecule has 4 nitrogen and oxygen atoms in total. The molecule has 0 radical (unpaired) electrons. The summed E-state index contributed by atoms with van der Waals surface area (Å²) in [7, 11) is 0. The zero-order valence-corrected chi connectivity index (χ0v) is 9.27. The molecule has 1 fully saturated rings. The van der Waals surface area contributed by atoms with Crippen molar-refractivity contribution in [3.63, 3.8) is 0 Å². The van der Waals surface area contributed by atoms with Crippen LogP contribution in [0.1, 0.15) is 30.5 Å². The number of carbonyl (C=O) groups is 2. The van der Waals surface area contributed by atoms with Crippen molar-refractivity contribution in [2.24, 2.45) is 0 Å². The van der Waals surface area contributed by atoms with Crippen molar-refractivity contribution >= 4 is 11.8 Å². The zero-order chi connectivity index (χ0) is 11.5. The molecule has 1 aromatic heterocycles. The Hall–Kier alpha value is -1.71. The molecule has 1 saturated heterocycles. The summed E-state index contributed by atoms with van der Waals surface area (Å²) in [5, 5.41) is 0. The summed E-state index contributed by atoms with van der Waals surface area (Å²) in [4.78, 5) is 28.7. The molecule has 2 heterocycles. The Kier molecular flexibility index (Phi) is 2.99. The topological polar surface area (TPSA) is 50.3 Å². The first-order chi connectivity index (χ1) is 7.68. The third kappa shape index (κ3) is 2.10. The summed E-state index contributed by atoms with van der Waals surface area (Å²) in [5.41, 5.74) is 1.81. The summed E-state index contributed by atoms with van der Waals surface area (Å²) >= 11 is 0. The molecule has 0 aromatic carbocycles. The van der Waals surface area contributed by atoms with Gasteiger partial charge in [-0.1, -0.05) is 6.07 Å². The molecular formula is C12H14N2O2. The SMILES string of the molecule is Cc1ncccc1CN1C(=O)CCCC1=O. The lowest BCUT2D eigenvalue weighted by atomic mass is 10.1. The van der Waals surface area contributed by atoms with Gasteiger partial charge in [0.15, 0.2) is 0 Å². The Bertz CT molecular complexity index is 413. The summed E-state index contributed by atoms with van der Waals surface area (Å²) in [6, 6.07) is 3.72. The van der Waals surface area contributed by atoms with E-state index in [0.717, 1.165) is 11.3 Å². The van der Waals surface area contributed by atoms with Crippen LogP contribution >= 0.6 is 0 Å². The molecule has 1 aliphatic rings. The first kappa shape index (κ1) is 10.8. The smallest absolute Gasteiger partial charge is 0.229 e. The maximum Gasteiger partial charge on any atom is 0.229 e. The number of imide groups is 1. The van der Waals surface area contributed by atoms with E-state index in [1.165, 1.54) is 4.90 Å². The van der Waals surface area contributed by atoms with Crippen molar-refractivity contribution in [3.8, 4) is 0 Å². The van der Waals surface area contributed by atoms with E-state index in [1.807, 2.05) is 19.1 Å². The molecule has 0 bridgehead atoms. The fourth-order valence-corrected chi connectivity index (χ4v) is 1.83. The molecule has 2 amide bonds. The van der Waals surface area contributed by atoms with Crippen LogP contribution in [-0.2, 0) is 16.1 Å². The average Bonchev–Trinajstić information content (AvgIpc) is 2.26. The van der Waals surface area contributed by atoms with Gasteiger partial charge in [0, 0.05) is 24.7 Å². The standard InChI is InChI=1S/C12H14N2O2/c1-9-10(4-3-7-13-9)8-14-11(15)5-2-6-12(14)16/h3-4,7H,2,5-6,8H2,1H3. The van der Waals surface area contributed by atoms with Gasteiger partial charge in [-0.25, -0.2) is 0 Å². The number of piperidine rings is 1. The van der Waals surface area contributed by atoms with Gasteiger partial charge in [-0.3, -0.25) is 19.5 Å². The van der Waals surface area contributed by atoms with E-state index in [9.17, 15) is 9.59 Å². The lowest BCUT2D eigenvalue weighted by Crippen LogP contribution is -2.39. The molecule has 1 aliphatic heterocycles. The Labute approximate surface area is 94.3 Å². The van der Waals surface area contributed by atoms with E-state index >= 15 is 0 Å². The van der Waals surface area contributed by atoms with Gasteiger partial charge in [0.2, 0.25) is 11.8 Å². The molecule has 0 N–H and O–H groups in total. The molecule has 4 heteroatoms. The van der Waals surface area contributed by atoms with Gasteiger partial charge >= 0.3 is 0 Å². The highest BCUT2D eigenvalue weighted by Gasteiger charge is 2.26. The van der Waals surface area contributed by atoms with Gasteiger partial charge in [0.05, 0.1) is 6.54 Å². The first-order valence-corrected chi connectivity index (χ1v) is 5.42. The fraction of sp³-hybridized carbons (Fsp3) is 0.417. The number of rotatable bonds is 2. The molecule has 1 aromatic rings. The number of pyridine rings is 1. The summed E-state index contributed by atoms with van der Waals surface area (Å²) in [6.07, 6.45) is 3.34. The van der Waals surface area contributed by atoms with E-state index in [1.54, 1.807) is 6.20 Å².